The number of hydrogen-bond acceptors (Lipinski definition) is 2. The first-order valence-corrected chi connectivity index (χ1v) is 9.66. The van der Waals surface area contributed by atoms with Crippen LogP contribution in [0.15, 0.2) is 59.5 Å². The van der Waals surface area contributed by atoms with Crippen molar-refractivity contribution in [3.8, 4) is 11.1 Å². The standard InChI is InChI=1S/C19H23NO2S/c1-20(18-10-6-3-7-11-18)23(21,22)19-14-12-17(13-15-19)16-8-4-2-5-9-16/h2,4-5,8-9,12-15,18H,3,6-7,10-11H2,1H3. The molecule has 0 unspecified atom stereocenters. The number of benzene rings is 2. The fourth-order valence-electron chi connectivity index (χ4n) is 3.26. The highest BCUT2D eigenvalue weighted by Crippen LogP contribution is 2.27. The van der Waals surface area contributed by atoms with Crippen LogP contribution in [0.1, 0.15) is 32.1 Å². The summed E-state index contributed by atoms with van der Waals surface area (Å²) in [5.41, 5.74) is 2.13. The van der Waals surface area contributed by atoms with Gasteiger partial charge in [0.1, 0.15) is 0 Å². The average molecular weight is 329 g/mol. The highest BCUT2D eigenvalue weighted by atomic mass is 32.2. The quantitative estimate of drug-likeness (QED) is 0.838. The lowest BCUT2D eigenvalue weighted by Crippen LogP contribution is -2.38. The van der Waals surface area contributed by atoms with Crippen molar-refractivity contribution < 1.29 is 8.42 Å². The van der Waals surface area contributed by atoms with Gasteiger partial charge in [0.15, 0.2) is 0 Å². The van der Waals surface area contributed by atoms with E-state index < -0.39 is 10.0 Å². The Morgan fingerprint density at radius 3 is 2.00 bits per heavy atom. The molecule has 1 aliphatic rings. The van der Waals surface area contributed by atoms with Crippen LogP contribution < -0.4 is 0 Å². The Hall–Kier alpha value is -1.65. The number of hydrogen-bond donors (Lipinski definition) is 0. The Kier molecular flexibility index (Phi) is 4.83. The van der Waals surface area contributed by atoms with Crippen LogP contribution in [-0.4, -0.2) is 25.8 Å². The molecule has 0 bridgehead atoms. The highest BCUT2D eigenvalue weighted by molar-refractivity contribution is 7.89. The lowest BCUT2D eigenvalue weighted by atomic mass is 9.96. The van der Waals surface area contributed by atoms with E-state index in [-0.39, 0.29) is 6.04 Å². The molecular formula is C19H23NO2S. The number of nitrogens with zero attached hydrogens (tertiary/aromatic N) is 1. The molecule has 0 N–H and O–H groups in total. The molecule has 3 nitrogen and oxygen atoms in total. The Morgan fingerprint density at radius 2 is 1.39 bits per heavy atom. The van der Waals surface area contributed by atoms with Gasteiger partial charge in [0.2, 0.25) is 10.0 Å². The monoisotopic (exact) mass is 329 g/mol. The van der Waals surface area contributed by atoms with Gasteiger partial charge >= 0.3 is 0 Å². The van der Waals surface area contributed by atoms with Crippen molar-refractivity contribution in [3.63, 3.8) is 0 Å². The Bertz CT molecular complexity index is 733. The van der Waals surface area contributed by atoms with Crippen LogP contribution in [0.25, 0.3) is 11.1 Å². The van der Waals surface area contributed by atoms with Crippen molar-refractivity contribution in [2.75, 3.05) is 7.05 Å². The molecule has 1 fully saturated rings. The maximum atomic E-state index is 12.8. The third kappa shape index (κ3) is 3.48. The molecule has 0 atom stereocenters. The van der Waals surface area contributed by atoms with Gasteiger partial charge in [-0.2, -0.15) is 4.31 Å². The van der Waals surface area contributed by atoms with E-state index >= 15 is 0 Å². The van der Waals surface area contributed by atoms with E-state index in [1.54, 1.807) is 23.5 Å². The van der Waals surface area contributed by atoms with Crippen LogP contribution in [0.5, 0.6) is 0 Å². The molecule has 0 aromatic heterocycles. The molecule has 1 saturated carbocycles. The summed E-state index contributed by atoms with van der Waals surface area (Å²) < 4.78 is 27.2. The van der Waals surface area contributed by atoms with Crippen LogP contribution in [0.4, 0.5) is 0 Å². The van der Waals surface area contributed by atoms with E-state index in [1.807, 2.05) is 42.5 Å². The second kappa shape index (κ2) is 6.85. The Labute approximate surface area is 139 Å². The molecule has 2 aromatic carbocycles. The van der Waals surface area contributed by atoms with E-state index in [0.29, 0.717) is 4.90 Å². The number of sulfonamides is 1. The van der Waals surface area contributed by atoms with E-state index in [1.165, 1.54) is 6.42 Å². The Morgan fingerprint density at radius 1 is 0.826 bits per heavy atom. The van der Waals surface area contributed by atoms with E-state index in [9.17, 15) is 8.42 Å². The van der Waals surface area contributed by atoms with Gasteiger partial charge in [0.05, 0.1) is 4.90 Å². The average Bonchev–Trinajstić information content (AvgIpc) is 2.62. The molecular weight excluding hydrogens is 306 g/mol. The minimum Gasteiger partial charge on any atom is -0.207 e. The molecule has 0 aliphatic heterocycles. The summed E-state index contributed by atoms with van der Waals surface area (Å²) in [7, 11) is -1.69. The molecule has 0 amide bonds. The Balaban J connectivity index is 1.83. The maximum Gasteiger partial charge on any atom is 0.243 e. The van der Waals surface area contributed by atoms with Crippen LogP contribution >= 0.6 is 0 Å². The zero-order valence-corrected chi connectivity index (χ0v) is 14.3. The summed E-state index contributed by atoms with van der Waals surface area (Å²) in [6.45, 7) is 0. The van der Waals surface area contributed by atoms with Gasteiger partial charge in [0.25, 0.3) is 0 Å². The summed E-state index contributed by atoms with van der Waals surface area (Å²) in [5.74, 6) is 0. The third-order valence-corrected chi connectivity index (χ3v) is 6.65. The normalized spacial score (nSPS) is 16.6. The second-order valence-electron chi connectivity index (χ2n) is 6.20. The van der Waals surface area contributed by atoms with Gasteiger partial charge in [-0.15, -0.1) is 0 Å². The van der Waals surface area contributed by atoms with Crippen molar-refractivity contribution in [1.29, 1.82) is 0 Å². The molecule has 0 saturated heterocycles. The molecule has 122 valence electrons. The highest BCUT2D eigenvalue weighted by Gasteiger charge is 2.28. The topological polar surface area (TPSA) is 37.4 Å². The summed E-state index contributed by atoms with van der Waals surface area (Å²) in [4.78, 5) is 0.380. The first kappa shape index (κ1) is 16.2. The van der Waals surface area contributed by atoms with Gasteiger partial charge in [-0.1, -0.05) is 61.7 Å². The molecule has 3 rings (SSSR count). The third-order valence-electron chi connectivity index (χ3n) is 4.73. The molecule has 23 heavy (non-hydrogen) atoms. The molecule has 0 spiro atoms. The largest absolute Gasteiger partial charge is 0.243 e. The molecule has 4 heteroatoms. The van der Waals surface area contributed by atoms with Gasteiger partial charge in [-0.3, -0.25) is 0 Å². The predicted octanol–water partition coefficient (Wildman–Crippen LogP) is 4.31. The van der Waals surface area contributed by atoms with Crippen LogP contribution in [-0.2, 0) is 10.0 Å². The van der Waals surface area contributed by atoms with E-state index in [0.717, 1.165) is 36.8 Å². The first-order valence-electron chi connectivity index (χ1n) is 8.22. The molecule has 1 aliphatic carbocycles. The molecule has 2 aromatic rings. The molecule has 0 heterocycles. The van der Waals surface area contributed by atoms with Crippen LogP contribution in [0.3, 0.4) is 0 Å². The summed E-state index contributed by atoms with van der Waals surface area (Å²) >= 11 is 0. The fraction of sp³-hybridized carbons (Fsp3) is 0.368. The van der Waals surface area contributed by atoms with Gasteiger partial charge in [-0.05, 0) is 36.1 Å². The zero-order valence-electron chi connectivity index (χ0n) is 13.5. The lowest BCUT2D eigenvalue weighted by Gasteiger charge is -2.30. The predicted molar refractivity (Wildman–Crippen MR) is 93.7 cm³/mol. The summed E-state index contributed by atoms with van der Waals surface area (Å²) in [5, 5.41) is 0. The van der Waals surface area contributed by atoms with Gasteiger partial charge in [-0.25, -0.2) is 8.42 Å². The maximum absolute atomic E-state index is 12.8. The van der Waals surface area contributed by atoms with Crippen molar-refractivity contribution >= 4 is 10.0 Å². The van der Waals surface area contributed by atoms with Crippen LogP contribution in [0, 0.1) is 0 Å². The van der Waals surface area contributed by atoms with Gasteiger partial charge < -0.3 is 0 Å². The van der Waals surface area contributed by atoms with E-state index in [4.69, 9.17) is 0 Å². The second-order valence-corrected chi connectivity index (χ2v) is 8.20. The number of rotatable bonds is 4. The SMILES string of the molecule is CN(C1CCCCC1)S(=O)(=O)c1ccc(-c2ccccc2)cc1. The van der Waals surface area contributed by atoms with Gasteiger partial charge in [0, 0.05) is 13.1 Å². The minimum atomic E-state index is -3.40. The van der Waals surface area contributed by atoms with Crippen molar-refractivity contribution in [3.05, 3.63) is 54.6 Å². The van der Waals surface area contributed by atoms with Crippen molar-refractivity contribution in [1.82, 2.24) is 4.31 Å². The first-order chi connectivity index (χ1) is 11.1. The minimum absolute atomic E-state index is 0.141. The van der Waals surface area contributed by atoms with E-state index in [2.05, 4.69) is 0 Å². The summed E-state index contributed by atoms with van der Waals surface area (Å²) in [6, 6.07) is 17.3. The molecule has 0 radical (unpaired) electrons. The lowest BCUT2D eigenvalue weighted by molar-refractivity contribution is 0.286. The zero-order chi connectivity index (χ0) is 16.3. The fourth-order valence-corrected chi connectivity index (χ4v) is 4.67. The van der Waals surface area contributed by atoms with Crippen LogP contribution in [0.2, 0.25) is 0 Å². The summed E-state index contributed by atoms with van der Waals surface area (Å²) in [6.07, 6.45) is 5.40. The smallest absolute Gasteiger partial charge is 0.207 e. The van der Waals surface area contributed by atoms with Crippen molar-refractivity contribution in [2.45, 2.75) is 43.0 Å². The van der Waals surface area contributed by atoms with Crippen molar-refractivity contribution in [2.24, 2.45) is 0 Å².